The van der Waals surface area contributed by atoms with Crippen molar-refractivity contribution in [1.29, 1.82) is 0 Å². The normalized spacial score (nSPS) is 23.1. The Hall–Kier alpha value is 0.0700. The minimum absolute atomic E-state index is 0.642. The third kappa shape index (κ3) is 3.31. The van der Waals surface area contributed by atoms with Gasteiger partial charge in [-0.15, -0.1) is 0 Å². The van der Waals surface area contributed by atoms with Crippen molar-refractivity contribution in [2.45, 2.75) is 6.04 Å². The van der Waals surface area contributed by atoms with E-state index in [1.807, 2.05) is 0 Å². The van der Waals surface area contributed by atoms with Gasteiger partial charge in [0.15, 0.2) is 0 Å². The van der Waals surface area contributed by atoms with E-state index in [4.69, 9.17) is 0 Å². The minimum atomic E-state index is -0.645. The first-order valence-corrected chi connectivity index (χ1v) is 5.63. The van der Waals surface area contributed by atoms with E-state index in [1.54, 1.807) is 6.26 Å². The van der Waals surface area contributed by atoms with Crippen molar-refractivity contribution in [3.63, 3.8) is 0 Å². The first-order chi connectivity index (χ1) is 5.18. The summed E-state index contributed by atoms with van der Waals surface area (Å²) in [6, 6.07) is 0.642. The predicted octanol–water partition coefficient (Wildman–Crippen LogP) is -0.731. The molecule has 1 rings (SSSR count). The fourth-order valence-corrected chi connectivity index (χ4v) is 1.64. The van der Waals surface area contributed by atoms with Gasteiger partial charge in [0.1, 0.15) is 0 Å². The van der Waals surface area contributed by atoms with Crippen LogP contribution in [0.3, 0.4) is 0 Å². The molecule has 66 valence electrons. The molecule has 1 heterocycles. The van der Waals surface area contributed by atoms with Crippen LogP contribution in [0.15, 0.2) is 0 Å². The molecular formula is C7H16N2OS. The zero-order valence-corrected chi connectivity index (χ0v) is 7.99. The van der Waals surface area contributed by atoms with Crippen molar-refractivity contribution < 1.29 is 4.21 Å². The number of rotatable bonds is 4. The average molecular weight is 176 g/mol. The molecule has 1 aliphatic rings. The Kier molecular flexibility index (Phi) is 3.48. The Morgan fingerprint density at radius 1 is 1.64 bits per heavy atom. The molecule has 1 atom stereocenters. The van der Waals surface area contributed by atoms with Crippen LogP contribution >= 0.6 is 0 Å². The van der Waals surface area contributed by atoms with Gasteiger partial charge in [-0.2, -0.15) is 0 Å². The molecule has 0 spiro atoms. The maximum Gasteiger partial charge on any atom is 0.0357 e. The lowest BCUT2D eigenvalue weighted by Gasteiger charge is -2.36. The van der Waals surface area contributed by atoms with Crippen LogP contribution in [0.2, 0.25) is 0 Å². The number of likely N-dealkylation sites (tertiary alicyclic amines) is 1. The Bertz CT molecular complexity index is 145. The first-order valence-electron chi connectivity index (χ1n) is 3.90. The van der Waals surface area contributed by atoms with E-state index in [0.29, 0.717) is 6.04 Å². The van der Waals surface area contributed by atoms with Gasteiger partial charge in [-0.25, -0.2) is 0 Å². The van der Waals surface area contributed by atoms with E-state index < -0.39 is 10.8 Å². The number of nitrogens with one attached hydrogen (secondary N) is 1. The molecule has 4 heteroatoms. The quantitative estimate of drug-likeness (QED) is 0.613. The molecule has 0 radical (unpaired) electrons. The van der Waals surface area contributed by atoms with E-state index in [0.717, 1.165) is 25.4 Å². The van der Waals surface area contributed by atoms with Crippen LogP contribution in [-0.4, -0.2) is 53.8 Å². The highest BCUT2D eigenvalue weighted by molar-refractivity contribution is 7.84. The van der Waals surface area contributed by atoms with Crippen LogP contribution in [0.4, 0.5) is 0 Å². The second-order valence-electron chi connectivity index (χ2n) is 3.15. The maximum atomic E-state index is 10.7. The SMILES string of the molecule is CN1CC(NCCS(C)=O)C1. The fraction of sp³-hybridized carbons (Fsp3) is 1.00. The highest BCUT2D eigenvalue weighted by Gasteiger charge is 2.21. The van der Waals surface area contributed by atoms with Gasteiger partial charge in [-0.3, -0.25) is 4.21 Å². The van der Waals surface area contributed by atoms with E-state index >= 15 is 0 Å². The molecule has 0 aliphatic carbocycles. The largest absolute Gasteiger partial charge is 0.311 e. The van der Waals surface area contributed by atoms with Crippen molar-refractivity contribution in [3.8, 4) is 0 Å². The van der Waals surface area contributed by atoms with Gasteiger partial charge in [0.25, 0.3) is 0 Å². The minimum Gasteiger partial charge on any atom is -0.311 e. The standard InChI is InChI=1S/C7H16N2OS/c1-9-5-7(6-9)8-3-4-11(2)10/h7-8H,3-6H2,1-2H3. The molecule has 0 aromatic rings. The van der Waals surface area contributed by atoms with Gasteiger partial charge in [0, 0.05) is 48.5 Å². The zero-order valence-electron chi connectivity index (χ0n) is 7.17. The summed E-state index contributed by atoms with van der Waals surface area (Å²) in [6.45, 7) is 3.16. The van der Waals surface area contributed by atoms with Crippen molar-refractivity contribution in [2.75, 3.05) is 38.7 Å². The summed E-state index contributed by atoms with van der Waals surface area (Å²) in [6.07, 6.45) is 1.74. The van der Waals surface area contributed by atoms with Crippen molar-refractivity contribution in [3.05, 3.63) is 0 Å². The Balaban J connectivity index is 1.92. The third-order valence-corrected chi connectivity index (χ3v) is 2.67. The van der Waals surface area contributed by atoms with Crippen LogP contribution in [0.5, 0.6) is 0 Å². The van der Waals surface area contributed by atoms with Gasteiger partial charge in [0.05, 0.1) is 0 Å². The Morgan fingerprint density at radius 3 is 2.73 bits per heavy atom. The summed E-state index contributed by atoms with van der Waals surface area (Å²) >= 11 is 0. The van der Waals surface area contributed by atoms with Crippen LogP contribution < -0.4 is 5.32 Å². The van der Waals surface area contributed by atoms with Gasteiger partial charge < -0.3 is 10.2 Å². The van der Waals surface area contributed by atoms with E-state index in [-0.39, 0.29) is 0 Å². The van der Waals surface area contributed by atoms with E-state index in [2.05, 4.69) is 17.3 Å². The third-order valence-electron chi connectivity index (χ3n) is 1.89. The molecule has 0 bridgehead atoms. The predicted molar refractivity (Wildman–Crippen MR) is 48.2 cm³/mol. The second-order valence-corrected chi connectivity index (χ2v) is 4.70. The molecule has 11 heavy (non-hydrogen) atoms. The summed E-state index contributed by atoms with van der Waals surface area (Å²) in [4.78, 5) is 2.26. The molecule has 0 aromatic carbocycles. The number of likely N-dealkylation sites (N-methyl/N-ethyl adjacent to an activating group) is 1. The zero-order chi connectivity index (χ0) is 8.27. The summed E-state index contributed by atoms with van der Waals surface area (Å²) < 4.78 is 10.7. The molecule has 1 saturated heterocycles. The molecule has 0 amide bonds. The lowest BCUT2D eigenvalue weighted by atomic mass is 10.1. The molecule has 3 nitrogen and oxygen atoms in total. The molecule has 1 aliphatic heterocycles. The smallest absolute Gasteiger partial charge is 0.0357 e. The molecular weight excluding hydrogens is 160 g/mol. The Labute approximate surface area is 70.6 Å². The van der Waals surface area contributed by atoms with E-state index in [1.165, 1.54) is 0 Å². The fourth-order valence-electron chi connectivity index (χ4n) is 1.23. The maximum absolute atomic E-state index is 10.7. The summed E-state index contributed by atoms with van der Waals surface area (Å²) in [7, 11) is 1.46. The summed E-state index contributed by atoms with van der Waals surface area (Å²) in [5.41, 5.74) is 0. The lowest BCUT2D eigenvalue weighted by Crippen LogP contribution is -2.56. The topological polar surface area (TPSA) is 32.3 Å². The van der Waals surface area contributed by atoms with Gasteiger partial charge in [-0.05, 0) is 7.05 Å². The van der Waals surface area contributed by atoms with Gasteiger partial charge in [0.2, 0.25) is 0 Å². The van der Waals surface area contributed by atoms with Crippen molar-refractivity contribution >= 4 is 10.8 Å². The summed E-state index contributed by atoms with van der Waals surface area (Å²) in [5, 5.41) is 3.35. The van der Waals surface area contributed by atoms with Crippen molar-refractivity contribution in [2.24, 2.45) is 0 Å². The molecule has 1 N–H and O–H groups in total. The molecule has 1 fully saturated rings. The molecule has 0 aromatic heterocycles. The molecule has 1 unspecified atom stereocenters. The van der Waals surface area contributed by atoms with Crippen LogP contribution in [0.25, 0.3) is 0 Å². The average Bonchev–Trinajstić information content (AvgIpc) is 1.83. The highest BCUT2D eigenvalue weighted by Crippen LogP contribution is 2.02. The van der Waals surface area contributed by atoms with Crippen LogP contribution in [-0.2, 0) is 10.8 Å². The van der Waals surface area contributed by atoms with Gasteiger partial charge >= 0.3 is 0 Å². The van der Waals surface area contributed by atoms with E-state index in [9.17, 15) is 4.21 Å². The first kappa shape index (κ1) is 9.16. The monoisotopic (exact) mass is 176 g/mol. The van der Waals surface area contributed by atoms with Gasteiger partial charge in [-0.1, -0.05) is 0 Å². The summed E-state index contributed by atoms with van der Waals surface area (Å²) in [5.74, 6) is 0.778. The second kappa shape index (κ2) is 4.18. The number of hydrogen-bond acceptors (Lipinski definition) is 3. The lowest BCUT2D eigenvalue weighted by molar-refractivity contribution is 0.164. The van der Waals surface area contributed by atoms with Crippen LogP contribution in [0.1, 0.15) is 0 Å². The Morgan fingerprint density at radius 2 is 2.27 bits per heavy atom. The number of nitrogens with zero attached hydrogens (tertiary/aromatic N) is 1. The van der Waals surface area contributed by atoms with Crippen LogP contribution in [0, 0.1) is 0 Å². The molecule has 0 saturated carbocycles. The highest BCUT2D eigenvalue weighted by atomic mass is 32.2. The van der Waals surface area contributed by atoms with Crippen molar-refractivity contribution in [1.82, 2.24) is 10.2 Å². The number of hydrogen-bond donors (Lipinski definition) is 1.